The van der Waals surface area contributed by atoms with Crippen LogP contribution >= 0.6 is 0 Å². The zero-order valence-corrected chi connectivity index (χ0v) is 11.3. The molecule has 2 nitrogen and oxygen atoms in total. The lowest BCUT2D eigenvalue weighted by molar-refractivity contribution is -0.129. The number of fused-ring (bicyclic) bond motifs is 3. The average molecular weight is 263 g/mol. The Hall–Kier alpha value is -2.09. The second kappa shape index (κ2) is 4.48. The SMILES string of the molecule is O=C1CCC2c3ccccc3C(c3ccccc3)CN12. The lowest BCUT2D eigenvalue weighted by atomic mass is 9.82. The van der Waals surface area contributed by atoms with Gasteiger partial charge in [0, 0.05) is 18.9 Å². The van der Waals surface area contributed by atoms with Crippen molar-refractivity contribution in [1.82, 2.24) is 4.90 Å². The molecule has 2 aliphatic heterocycles. The third-order valence-corrected chi connectivity index (χ3v) is 4.64. The van der Waals surface area contributed by atoms with Crippen LogP contribution in [0.25, 0.3) is 0 Å². The van der Waals surface area contributed by atoms with E-state index in [1.54, 1.807) is 0 Å². The fraction of sp³-hybridized carbons (Fsp3) is 0.278. The number of rotatable bonds is 1. The maximum absolute atomic E-state index is 12.1. The molecule has 0 aliphatic carbocycles. The highest BCUT2D eigenvalue weighted by atomic mass is 16.2. The van der Waals surface area contributed by atoms with Crippen molar-refractivity contribution in [2.75, 3.05) is 6.54 Å². The number of hydrogen-bond donors (Lipinski definition) is 0. The van der Waals surface area contributed by atoms with Gasteiger partial charge in [-0.2, -0.15) is 0 Å². The maximum Gasteiger partial charge on any atom is 0.223 e. The molecule has 100 valence electrons. The van der Waals surface area contributed by atoms with Crippen molar-refractivity contribution in [3.63, 3.8) is 0 Å². The second-order valence-electron chi connectivity index (χ2n) is 5.69. The highest BCUT2D eigenvalue weighted by molar-refractivity contribution is 5.80. The zero-order valence-electron chi connectivity index (χ0n) is 11.3. The molecule has 0 N–H and O–H groups in total. The summed E-state index contributed by atoms with van der Waals surface area (Å²) >= 11 is 0. The molecule has 2 heteroatoms. The molecule has 1 fully saturated rings. The van der Waals surface area contributed by atoms with Gasteiger partial charge in [-0.05, 0) is 23.1 Å². The van der Waals surface area contributed by atoms with Crippen molar-refractivity contribution in [1.29, 1.82) is 0 Å². The predicted molar refractivity (Wildman–Crippen MR) is 78.4 cm³/mol. The van der Waals surface area contributed by atoms with Gasteiger partial charge in [0.2, 0.25) is 5.91 Å². The van der Waals surface area contributed by atoms with Gasteiger partial charge < -0.3 is 4.90 Å². The van der Waals surface area contributed by atoms with Crippen molar-refractivity contribution in [3.8, 4) is 0 Å². The minimum Gasteiger partial charge on any atom is -0.335 e. The first kappa shape index (κ1) is 11.7. The van der Waals surface area contributed by atoms with Gasteiger partial charge in [-0.25, -0.2) is 0 Å². The van der Waals surface area contributed by atoms with Crippen LogP contribution < -0.4 is 0 Å². The van der Waals surface area contributed by atoms with E-state index in [9.17, 15) is 4.79 Å². The van der Waals surface area contributed by atoms with Gasteiger partial charge in [0.25, 0.3) is 0 Å². The summed E-state index contributed by atoms with van der Waals surface area (Å²) in [5.41, 5.74) is 4.05. The van der Waals surface area contributed by atoms with Crippen LogP contribution in [0.2, 0.25) is 0 Å². The number of carbonyl (C=O) groups is 1. The van der Waals surface area contributed by atoms with Crippen LogP contribution in [-0.4, -0.2) is 17.4 Å². The van der Waals surface area contributed by atoms with E-state index < -0.39 is 0 Å². The van der Waals surface area contributed by atoms with E-state index in [0.717, 1.165) is 13.0 Å². The third-order valence-electron chi connectivity index (χ3n) is 4.64. The highest BCUT2D eigenvalue weighted by Gasteiger charge is 2.39. The summed E-state index contributed by atoms with van der Waals surface area (Å²) in [5, 5.41) is 0. The first-order valence-corrected chi connectivity index (χ1v) is 7.28. The van der Waals surface area contributed by atoms with Gasteiger partial charge in [0.05, 0.1) is 6.04 Å². The Labute approximate surface area is 119 Å². The Morgan fingerprint density at radius 2 is 1.60 bits per heavy atom. The molecular formula is C18H17NO. The molecule has 1 saturated heterocycles. The Balaban J connectivity index is 1.85. The largest absolute Gasteiger partial charge is 0.335 e. The molecule has 0 bridgehead atoms. The number of amides is 1. The van der Waals surface area contributed by atoms with Crippen LogP contribution in [-0.2, 0) is 4.79 Å². The van der Waals surface area contributed by atoms with E-state index in [0.29, 0.717) is 24.3 Å². The monoisotopic (exact) mass is 263 g/mol. The van der Waals surface area contributed by atoms with Gasteiger partial charge in [0.1, 0.15) is 0 Å². The van der Waals surface area contributed by atoms with Crippen LogP contribution in [0.15, 0.2) is 54.6 Å². The second-order valence-corrected chi connectivity index (χ2v) is 5.69. The van der Waals surface area contributed by atoms with Gasteiger partial charge in [-0.15, -0.1) is 0 Å². The number of nitrogens with zero attached hydrogens (tertiary/aromatic N) is 1. The summed E-state index contributed by atoms with van der Waals surface area (Å²) in [6, 6.07) is 19.5. The van der Waals surface area contributed by atoms with Crippen molar-refractivity contribution in [2.24, 2.45) is 0 Å². The van der Waals surface area contributed by atoms with E-state index in [2.05, 4.69) is 53.4 Å². The lowest BCUT2D eigenvalue weighted by Gasteiger charge is -2.37. The molecular weight excluding hydrogens is 246 g/mol. The molecule has 2 heterocycles. The Morgan fingerprint density at radius 3 is 2.40 bits per heavy atom. The van der Waals surface area contributed by atoms with E-state index in [-0.39, 0.29) is 0 Å². The summed E-state index contributed by atoms with van der Waals surface area (Å²) in [4.78, 5) is 14.2. The van der Waals surface area contributed by atoms with Crippen molar-refractivity contribution in [3.05, 3.63) is 71.3 Å². The van der Waals surface area contributed by atoms with Gasteiger partial charge in [0.15, 0.2) is 0 Å². The lowest BCUT2D eigenvalue weighted by Crippen LogP contribution is -2.37. The first-order valence-electron chi connectivity index (χ1n) is 7.28. The molecule has 4 rings (SSSR count). The molecule has 0 radical (unpaired) electrons. The van der Waals surface area contributed by atoms with Gasteiger partial charge in [-0.1, -0.05) is 54.6 Å². The van der Waals surface area contributed by atoms with Gasteiger partial charge in [-0.3, -0.25) is 4.79 Å². The minimum atomic E-state index is 0.304. The average Bonchev–Trinajstić information content (AvgIpc) is 2.89. The Kier molecular flexibility index (Phi) is 2.62. The molecule has 20 heavy (non-hydrogen) atoms. The Bertz CT molecular complexity index is 649. The summed E-state index contributed by atoms with van der Waals surface area (Å²) < 4.78 is 0. The molecule has 2 aliphatic rings. The van der Waals surface area contributed by atoms with Crippen molar-refractivity contribution in [2.45, 2.75) is 24.8 Å². The molecule has 2 unspecified atom stereocenters. The van der Waals surface area contributed by atoms with Crippen LogP contribution in [0.5, 0.6) is 0 Å². The standard InChI is InChI=1S/C18H17NO/c20-18-11-10-17-15-9-5-4-8-14(15)16(12-19(17)18)13-6-2-1-3-7-13/h1-9,16-17H,10-12H2. The summed E-state index contributed by atoms with van der Waals surface area (Å²) in [5.74, 6) is 0.621. The van der Waals surface area contributed by atoms with Crippen molar-refractivity contribution >= 4 is 5.91 Å². The fourth-order valence-electron chi connectivity index (χ4n) is 3.68. The molecule has 1 amide bonds. The van der Waals surface area contributed by atoms with Crippen molar-refractivity contribution < 1.29 is 4.79 Å². The van der Waals surface area contributed by atoms with Crippen LogP contribution in [0, 0.1) is 0 Å². The topological polar surface area (TPSA) is 20.3 Å². The molecule has 2 atom stereocenters. The smallest absolute Gasteiger partial charge is 0.223 e. The first-order chi connectivity index (χ1) is 9.84. The normalized spacial score (nSPS) is 24.4. The number of hydrogen-bond acceptors (Lipinski definition) is 1. The summed E-state index contributed by atoms with van der Waals surface area (Å²) in [6.07, 6.45) is 1.66. The van der Waals surface area contributed by atoms with Gasteiger partial charge >= 0.3 is 0 Å². The highest BCUT2D eigenvalue weighted by Crippen LogP contribution is 2.44. The maximum atomic E-state index is 12.1. The minimum absolute atomic E-state index is 0.304. The quantitative estimate of drug-likeness (QED) is 0.771. The molecule has 2 aromatic rings. The summed E-state index contributed by atoms with van der Waals surface area (Å²) in [7, 11) is 0. The van der Waals surface area contributed by atoms with Crippen LogP contribution in [0.1, 0.15) is 41.5 Å². The zero-order chi connectivity index (χ0) is 13.5. The molecule has 2 aromatic carbocycles. The van der Waals surface area contributed by atoms with Crippen LogP contribution in [0.3, 0.4) is 0 Å². The predicted octanol–water partition coefficient (Wildman–Crippen LogP) is 3.50. The Morgan fingerprint density at radius 1 is 0.900 bits per heavy atom. The number of benzene rings is 2. The van der Waals surface area contributed by atoms with E-state index in [1.807, 2.05) is 6.07 Å². The summed E-state index contributed by atoms with van der Waals surface area (Å²) in [6.45, 7) is 0.824. The van der Waals surface area contributed by atoms with E-state index in [1.165, 1.54) is 16.7 Å². The molecule has 0 spiro atoms. The number of carbonyl (C=O) groups excluding carboxylic acids is 1. The molecule has 0 aromatic heterocycles. The van der Waals surface area contributed by atoms with E-state index >= 15 is 0 Å². The third kappa shape index (κ3) is 1.68. The molecule has 0 saturated carbocycles. The fourth-order valence-corrected chi connectivity index (χ4v) is 3.68. The van der Waals surface area contributed by atoms with Crippen LogP contribution in [0.4, 0.5) is 0 Å². The van der Waals surface area contributed by atoms with E-state index in [4.69, 9.17) is 0 Å².